The van der Waals surface area contributed by atoms with Crippen molar-refractivity contribution in [3.05, 3.63) is 24.0 Å². The predicted octanol–water partition coefficient (Wildman–Crippen LogP) is 3.21. The van der Waals surface area contributed by atoms with Gasteiger partial charge < -0.3 is 10.6 Å². The maximum atomic E-state index is 12.2. The summed E-state index contributed by atoms with van der Waals surface area (Å²) >= 11 is 0. The van der Waals surface area contributed by atoms with Gasteiger partial charge in [0.1, 0.15) is 5.69 Å². The second-order valence-electron chi connectivity index (χ2n) is 5.66. The van der Waals surface area contributed by atoms with Crippen LogP contribution in [-0.2, 0) is 0 Å². The van der Waals surface area contributed by atoms with Crippen molar-refractivity contribution in [1.82, 2.24) is 10.3 Å². The van der Waals surface area contributed by atoms with Gasteiger partial charge in [0.05, 0.1) is 0 Å². The van der Waals surface area contributed by atoms with Crippen molar-refractivity contribution in [2.75, 3.05) is 11.9 Å². The molecule has 1 amide bonds. The second-order valence-corrected chi connectivity index (χ2v) is 5.66. The van der Waals surface area contributed by atoms with Crippen LogP contribution in [0.25, 0.3) is 0 Å². The lowest BCUT2D eigenvalue weighted by Gasteiger charge is -2.20. The van der Waals surface area contributed by atoms with Gasteiger partial charge >= 0.3 is 0 Å². The van der Waals surface area contributed by atoms with Crippen LogP contribution >= 0.6 is 0 Å². The molecule has 1 unspecified atom stereocenters. The second kappa shape index (κ2) is 7.27. The lowest BCUT2D eigenvalue weighted by molar-refractivity contribution is 0.0922. The van der Waals surface area contributed by atoms with Gasteiger partial charge in [0.15, 0.2) is 0 Å². The lowest BCUT2D eigenvalue weighted by atomic mass is 10.00. The van der Waals surface area contributed by atoms with Gasteiger partial charge in [-0.05, 0) is 44.2 Å². The fourth-order valence-electron chi connectivity index (χ4n) is 2.79. The number of rotatable bonds is 6. The summed E-state index contributed by atoms with van der Waals surface area (Å²) in [5, 5.41) is 6.37. The maximum absolute atomic E-state index is 12.2. The van der Waals surface area contributed by atoms with Crippen molar-refractivity contribution in [3.8, 4) is 0 Å². The fourth-order valence-corrected chi connectivity index (χ4v) is 2.79. The molecule has 0 radical (unpaired) electrons. The van der Waals surface area contributed by atoms with E-state index < -0.39 is 0 Å². The van der Waals surface area contributed by atoms with Crippen LogP contribution in [0.1, 0.15) is 56.4 Å². The molecule has 1 heterocycles. The summed E-state index contributed by atoms with van der Waals surface area (Å²) in [6.45, 7) is 5.13. The zero-order valence-electron chi connectivity index (χ0n) is 12.5. The molecular formula is C16H25N3O. The number of carbonyl (C=O) groups excluding carboxylic acids is 1. The zero-order valence-corrected chi connectivity index (χ0v) is 12.5. The summed E-state index contributed by atoms with van der Waals surface area (Å²) in [5.74, 6) is 0.560. The Morgan fingerprint density at radius 3 is 2.90 bits per heavy atom. The minimum absolute atomic E-state index is 0.0652. The van der Waals surface area contributed by atoms with Crippen molar-refractivity contribution in [2.45, 2.75) is 52.0 Å². The Morgan fingerprint density at radius 1 is 1.45 bits per heavy atom. The normalized spacial score (nSPS) is 16.9. The molecule has 1 fully saturated rings. The van der Waals surface area contributed by atoms with Gasteiger partial charge in [0.25, 0.3) is 5.91 Å². The van der Waals surface area contributed by atoms with Crippen molar-refractivity contribution in [1.29, 1.82) is 0 Å². The molecule has 2 N–H and O–H groups in total. The summed E-state index contributed by atoms with van der Waals surface area (Å²) in [5.41, 5.74) is 1.46. The van der Waals surface area contributed by atoms with Crippen molar-refractivity contribution in [2.24, 2.45) is 5.92 Å². The maximum Gasteiger partial charge on any atom is 0.270 e. The monoisotopic (exact) mass is 275 g/mol. The van der Waals surface area contributed by atoms with Crippen LogP contribution in [0.3, 0.4) is 0 Å². The van der Waals surface area contributed by atoms with E-state index in [1.165, 1.54) is 25.7 Å². The molecule has 1 aliphatic rings. The van der Waals surface area contributed by atoms with E-state index in [1.54, 1.807) is 6.20 Å². The highest BCUT2D eigenvalue weighted by Gasteiger charge is 2.23. The van der Waals surface area contributed by atoms with Gasteiger partial charge in [-0.25, -0.2) is 0 Å². The minimum atomic E-state index is -0.0652. The Balaban J connectivity index is 1.94. The van der Waals surface area contributed by atoms with Crippen molar-refractivity contribution in [3.63, 3.8) is 0 Å². The average molecular weight is 275 g/mol. The number of anilines is 1. The van der Waals surface area contributed by atoms with E-state index in [4.69, 9.17) is 0 Å². The van der Waals surface area contributed by atoms with Crippen molar-refractivity contribution >= 4 is 11.6 Å². The smallest absolute Gasteiger partial charge is 0.270 e. The van der Waals surface area contributed by atoms with E-state index in [0.29, 0.717) is 11.6 Å². The number of hydrogen-bond donors (Lipinski definition) is 2. The third-order valence-corrected chi connectivity index (χ3v) is 4.04. The highest BCUT2D eigenvalue weighted by Crippen LogP contribution is 2.27. The SMILES string of the molecule is CCCNc1ccnc(C(=O)NC(C)C2CCCC2)c1. The highest BCUT2D eigenvalue weighted by molar-refractivity contribution is 5.93. The standard InChI is InChI=1S/C16H25N3O/c1-3-9-17-14-8-10-18-15(11-14)16(20)19-12(2)13-6-4-5-7-13/h8,10-13H,3-7,9H2,1-2H3,(H,17,18)(H,19,20). The van der Waals surface area contributed by atoms with Gasteiger partial charge in [-0.1, -0.05) is 19.8 Å². The summed E-state index contributed by atoms with van der Waals surface area (Å²) in [6, 6.07) is 3.96. The molecule has 4 nitrogen and oxygen atoms in total. The number of nitrogens with one attached hydrogen (secondary N) is 2. The first-order chi connectivity index (χ1) is 9.70. The quantitative estimate of drug-likeness (QED) is 0.838. The Labute approximate surface area is 121 Å². The minimum Gasteiger partial charge on any atom is -0.385 e. The van der Waals surface area contributed by atoms with E-state index in [-0.39, 0.29) is 11.9 Å². The molecular weight excluding hydrogens is 250 g/mol. The van der Waals surface area contributed by atoms with Crippen LogP contribution in [0.15, 0.2) is 18.3 Å². The molecule has 0 spiro atoms. The fraction of sp³-hybridized carbons (Fsp3) is 0.625. The molecule has 4 heteroatoms. The molecule has 2 rings (SSSR count). The topological polar surface area (TPSA) is 54.0 Å². The molecule has 110 valence electrons. The molecule has 20 heavy (non-hydrogen) atoms. The highest BCUT2D eigenvalue weighted by atomic mass is 16.1. The summed E-state index contributed by atoms with van der Waals surface area (Å²) in [7, 11) is 0. The molecule has 1 atom stereocenters. The van der Waals surface area contributed by atoms with E-state index in [0.717, 1.165) is 18.7 Å². The largest absolute Gasteiger partial charge is 0.385 e. The third-order valence-electron chi connectivity index (χ3n) is 4.04. The number of nitrogens with zero attached hydrogens (tertiary/aromatic N) is 1. The van der Waals surface area contributed by atoms with E-state index in [2.05, 4.69) is 29.5 Å². The molecule has 1 aliphatic carbocycles. The van der Waals surface area contributed by atoms with Crippen LogP contribution in [0, 0.1) is 5.92 Å². The summed E-state index contributed by atoms with van der Waals surface area (Å²) in [6.07, 6.45) is 7.79. The number of aromatic nitrogens is 1. The van der Waals surface area contributed by atoms with E-state index >= 15 is 0 Å². The zero-order chi connectivity index (χ0) is 14.4. The Bertz CT molecular complexity index is 441. The van der Waals surface area contributed by atoms with Gasteiger partial charge in [-0.15, -0.1) is 0 Å². The molecule has 1 aromatic rings. The van der Waals surface area contributed by atoms with Gasteiger partial charge in [0.2, 0.25) is 0 Å². The van der Waals surface area contributed by atoms with E-state index in [1.807, 2.05) is 12.1 Å². The summed E-state index contributed by atoms with van der Waals surface area (Å²) < 4.78 is 0. The molecule has 0 saturated heterocycles. The van der Waals surface area contributed by atoms with Gasteiger partial charge in [0, 0.05) is 24.5 Å². The average Bonchev–Trinajstić information content (AvgIpc) is 2.99. The number of hydrogen-bond acceptors (Lipinski definition) is 3. The van der Waals surface area contributed by atoms with E-state index in [9.17, 15) is 4.79 Å². The van der Waals surface area contributed by atoms with Crippen LogP contribution < -0.4 is 10.6 Å². The first-order valence-electron chi connectivity index (χ1n) is 7.71. The molecule has 0 aromatic carbocycles. The molecule has 1 aromatic heterocycles. The van der Waals surface area contributed by atoms with Gasteiger partial charge in [-0.2, -0.15) is 0 Å². The van der Waals surface area contributed by atoms with Crippen LogP contribution in [0.5, 0.6) is 0 Å². The first-order valence-corrected chi connectivity index (χ1v) is 7.71. The molecule has 1 saturated carbocycles. The number of amides is 1. The molecule has 0 bridgehead atoms. The predicted molar refractivity (Wildman–Crippen MR) is 81.9 cm³/mol. The van der Waals surface area contributed by atoms with Gasteiger partial charge in [-0.3, -0.25) is 9.78 Å². The number of carbonyl (C=O) groups is 1. The van der Waals surface area contributed by atoms with Crippen LogP contribution in [0.4, 0.5) is 5.69 Å². The number of pyridine rings is 1. The first kappa shape index (κ1) is 14.8. The van der Waals surface area contributed by atoms with Crippen LogP contribution in [0.2, 0.25) is 0 Å². The Morgan fingerprint density at radius 2 is 2.20 bits per heavy atom. The Kier molecular flexibility index (Phi) is 5.39. The van der Waals surface area contributed by atoms with Crippen LogP contribution in [-0.4, -0.2) is 23.5 Å². The summed E-state index contributed by atoms with van der Waals surface area (Å²) in [4.78, 5) is 16.4. The molecule has 0 aliphatic heterocycles. The van der Waals surface area contributed by atoms with Crippen molar-refractivity contribution < 1.29 is 4.79 Å². The lowest BCUT2D eigenvalue weighted by Crippen LogP contribution is -2.37. The third kappa shape index (κ3) is 3.95. The Hall–Kier alpha value is -1.58.